The number of carbonyl (C=O) groups excluding carboxylic acids is 2. The number of hydrogen-bond donors (Lipinski definition) is 2. The van der Waals surface area contributed by atoms with Gasteiger partial charge in [0.05, 0.1) is 5.75 Å². The summed E-state index contributed by atoms with van der Waals surface area (Å²) in [4.78, 5) is 24.5. The Morgan fingerprint density at radius 3 is 2.49 bits per heavy atom. The maximum atomic E-state index is 12.4. The second kappa shape index (κ2) is 10.6. The van der Waals surface area contributed by atoms with Crippen LogP contribution in [-0.4, -0.2) is 39.3 Å². The van der Waals surface area contributed by atoms with Crippen LogP contribution in [0.15, 0.2) is 69.5 Å². The van der Waals surface area contributed by atoms with Gasteiger partial charge < -0.3 is 14.6 Å². The van der Waals surface area contributed by atoms with Crippen LogP contribution in [0.25, 0.3) is 11.3 Å². The van der Waals surface area contributed by atoms with Gasteiger partial charge in [-0.15, -0.1) is 23.4 Å². The van der Waals surface area contributed by atoms with Crippen LogP contribution in [0.1, 0.15) is 10.5 Å². The molecule has 0 saturated heterocycles. The van der Waals surface area contributed by atoms with Gasteiger partial charge in [-0.05, 0) is 24.3 Å². The van der Waals surface area contributed by atoms with E-state index in [2.05, 4.69) is 30.7 Å². The van der Waals surface area contributed by atoms with Crippen molar-refractivity contribution >= 4 is 45.7 Å². The van der Waals surface area contributed by atoms with Gasteiger partial charge in [0.25, 0.3) is 5.91 Å². The van der Waals surface area contributed by atoms with E-state index in [1.54, 1.807) is 0 Å². The lowest BCUT2D eigenvalue weighted by Crippen LogP contribution is -2.17. The number of hydrogen-bond acceptors (Lipinski definition) is 9. The van der Waals surface area contributed by atoms with Crippen molar-refractivity contribution in [1.82, 2.24) is 15.4 Å². The van der Waals surface area contributed by atoms with Gasteiger partial charge in [0.15, 0.2) is 15.8 Å². The molecule has 0 aliphatic carbocycles. The summed E-state index contributed by atoms with van der Waals surface area (Å²) >= 11 is 2.14. The van der Waals surface area contributed by atoms with E-state index in [-0.39, 0.29) is 16.6 Å². The molecule has 4 aromatic rings. The Bertz CT molecular complexity index is 1310. The summed E-state index contributed by atoms with van der Waals surface area (Å²) in [6.07, 6.45) is -4.79. The number of nitrogens with one attached hydrogen (secondary N) is 2. The number of amides is 2. The minimum absolute atomic E-state index is 0.0346. The monoisotopic (exact) mass is 521 g/mol. The van der Waals surface area contributed by atoms with Gasteiger partial charge >= 0.3 is 6.36 Å². The molecule has 2 aromatic heterocycles. The van der Waals surface area contributed by atoms with Crippen LogP contribution in [-0.2, 0) is 4.79 Å². The Kier molecular flexibility index (Phi) is 7.31. The van der Waals surface area contributed by atoms with Crippen molar-refractivity contribution in [3.8, 4) is 17.1 Å². The highest BCUT2D eigenvalue weighted by Crippen LogP contribution is 2.27. The van der Waals surface area contributed by atoms with Crippen molar-refractivity contribution < 1.29 is 32.0 Å². The van der Waals surface area contributed by atoms with E-state index in [0.717, 1.165) is 40.8 Å². The smallest absolute Gasteiger partial charge is 0.406 e. The molecule has 35 heavy (non-hydrogen) atoms. The van der Waals surface area contributed by atoms with E-state index in [1.165, 1.54) is 18.2 Å². The zero-order chi connectivity index (χ0) is 24.8. The number of rotatable bonds is 8. The fraction of sp³-hybridized carbons (Fsp3) is 0.0952. The van der Waals surface area contributed by atoms with Crippen LogP contribution < -0.4 is 15.4 Å². The summed E-state index contributed by atoms with van der Waals surface area (Å²) in [5.41, 5.74) is 1.15. The lowest BCUT2D eigenvalue weighted by molar-refractivity contribution is -0.274. The Morgan fingerprint density at radius 2 is 1.77 bits per heavy atom. The van der Waals surface area contributed by atoms with Crippen LogP contribution in [0.5, 0.6) is 5.75 Å². The van der Waals surface area contributed by atoms with Crippen LogP contribution in [0, 0.1) is 0 Å². The first-order valence-corrected chi connectivity index (χ1v) is 11.5. The molecule has 0 unspecified atom stereocenters. The average molecular weight is 522 g/mol. The minimum Gasteiger partial charge on any atom is -0.406 e. The number of alkyl halides is 3. The SMILES string of the molecule is O=C(CSc1nnc(NC(=O)c2cc(-c3ccccc3)on2)s1)Nc1ccc(OC(F)(F)F)cc1. The van der Waals surface area contributed by atoms with Gasteiger partial charge in [-0.2, -0.15) is 0 Å². The van der Waals surface area contributed by atoms with Gasteiger partial charge in [0, 0.05) is 17.3 Å². The number of anilines is 2. The molecule has 2 amide bonds. The van der Waals surface area contributed by atoms with Crippen LogP contribution in [0.3, 0.4) is 0 Å². The third-order valence-electron chi connectivity index (χ3n) is 4.13. The zero-order valence-corrected chi connectivity index (χ0v) is 19.0. The number of nitrogens with zero attached hydrogens (tertiary/aromatic N) is 3. The van der Waals surface area contributed by atoms with E-state index in [4.69, 9.17) is 4.52 Å². The second-order valence-electron chi connectivity index (χ2n) is 6.68. The van der Waals surface area contributed by atoms with Crippen molar-refractivity contribution in [2.45, 2.75) is 10.7 Å². The molecule has 2 aromatic carbocycles. The van der Waals surface area contributed by atoms with E-state index >= 15 is 0 Å². The molecule has 0 fully saturated rings. The first-order chi connectivity index (χ1) is 16.7. The quantitative estimate of drug-likeness (QED) is 0.244. The van der Waals surface area contributed by atoms with Crippen LogP contribution in [0.4, 0.5) is 24.0 Å². The topological polar surface area (TPSA) is 119 Å². The standard InChI is InChI=1S/C21H14F3N5O4S2/c22-21(23,24)32-14-8-6-13(7-9-14)25-17(30)11-34-20-28-27-19(35-20)26-18(31)15-10-16(33-29-15)12-4-2-1-3-5-12/h1-10H,11H2,(H,25,30)(H,26,27,31). The fourth-order valence-electron chi connectivity index (χ4n) is 2.66. The van der Waals surface area contributed by atoms with Gasteiger partial charge in [-0.3, -0.25) is 14.9 Å². The predicted octanol–water partition coefficient (Wildman–Crippen LogP) is 5.07. The van der Waals surface area contributed by atoms with Crippen molar-refractivity contribution in [1.29, 1.82) is 0 Å². The normalized spacial score (nSPS) is 11.2. The zero-order valence-electron chi connectivity index (χ0n) is 17.4. The molecule has 0 atom stereocenters. The molecule has 2 N–H and O–H groups in total. The highest BCUT2D eigenvalue weighted by atomic mass is 32.2. The second-order valence-corrected chi connectivity index (χ2v) is 8.88. The van der Waals surface area contributed by atoms with Crippen molar-refractivity contribution in [2.75, 3.05) is 16.4 Å². The fourth-order valence-corrected chi connectivity index (χ4v) is 4.21. The Hall–Kier alpha value is -3.91. The molecule has 180 valence electrons. The number of benzene rings is 2. The number of halogens is 3. The van der Waals surface area contributed by atoms with Crippen LogP contribution >= 0.6 is 23.1 Å². The summed E-state index contributed by atoms with van der Waals surface area (Å²) in [5, 5.41) is 16.9. The molecule has 0 aliphatic rings. The number of ether oxygens (including phenoxy) is 1. The molecule has 9 nitrogen and oxygen atoms in total. The number of aromatic nitrogens is 3. The summed E-state index contributed by atoms with van der Waals surface area (Å²) in [5.74, 6) is -0.920. The maximum absolute atomic E-state index is 12.4. The average Bonchev–Trinajstić information content (AvgIpc) is 3.49. The third kappa shape index (κ3) is 7.04. The molecule has 2 heterocycles. The highest BCUT2D eigenvalue weighted by molar-refractivity contribution is 8.01. The lowest BCUT2D eigenvalue weighted by Gasteiger charge is -2.09. The molecule has 0 radical (unpaired) electrons. The molecule has 0 bridgehead atoms. The highest BCUT2D eigenvalue weighted by Gasteiger charge is 2.31. The van der Waals surface area contributed by atoms with E-state index < -0.39 is 23.9 Å². The third-order valence-corrected chi connectivity index (χ3v) is 6.10. The Labute approximate surface area is 203 Å². The molecular weight excluding hydrogens is 507 g/mol. The lowest BCUT2D eigenvalue weighted by atomic mass is 10.1. The first-order valence-electron chi connectivity index (χ1n) is 9.70. The first kappa shape index (κ1) is 24.2. The van der Waals surface area contributed by atoms with E-state index in [9.17, 15) is 22.8 Å². The molecule has 0 aliphatic heterocycles. The summed E-state index contributed by atoms with van der Waals surface area (Å²) in [7, 11) is 0. The predicted molar refractivity (Wildman–Crippen MR) is 122 cm³/mol. The van der Waals surface area contributed by atoms with Gasteiger partial charge in [0.2, 0.25) is 11.0 Å². The molecule has 0 spiro atoms. The number of thioether (sulfide) groups is 1. The maximum Gasteiger partial charge on any atom is 0.573 e. The Balaban J connectivity index is 1.26. The molecular formula is C21H14F3N5O4S2. The van der Waals surface area contributed by atoms with Gasteiger partial charge in [-0.25, -0.2) is 0 Å². The molecule has 0 saturated carbocycles. The summed E-state index contributed by atoms with van der Waals surface area (Å²) in [6, 6.07) is 15.4. The van der Waals surface area contributed by atoms with Crippen molar-refractivity contribution in [3.63, 3.8) is 0 Å². The summed E-state index contributed by atoms with van der Waals surface area (Å²) < 4.78 is 46.0. The van der Waals surface area contributed by atoms with E-state index in [1.807, 2.05) is 30.3 Å². The van der Waals surface area contributed by atoms with Crippen molar-refractivity contribution in [2.24, 2.45) is 0 Å². The molecule has 14 heteroatoms. The largest absolute Gasteiger partial charge is 0.573 e. The van der Waals surface area contributed by atoms with Gasteiger partial charge in [-0.1, -0.05) is 58.6 Å². The van der Waals surface area contributed by atoms with Crippen LogP contribution in [0.2, 0.25) is 0 Å². The summed E-state index contributed by atoms with van der Waals surface area (Å²) in [6.45, 7) is 0. The molecule has 4 rings (SSSR count). The van der Waals surface area contributed by atoms with Gasteiger partial charge in [0.1, 0.15) is 5.75 Å². The van der Waals surface area contributed by atoms with Crippen molar-refractivity contribution in [3.05, 3.63) is 66.4 Å². The minimum atomic E-state index is -4.79. The Morgan fingerprint density at radius 1 is 1.03 bits per heavy atom. The number of carbonyl (C=O) groups is 2. The van der Waals surface area contributed by atoms with E-state index in [0.29, 0.717) is 15.8 Å².